The van der Waals surface area contributed by atoms with Gasteiger partial charge in [0.25, 0.3) is 5.91 Å². The van der Waals surface area contributed by atoms with Crippen molar-refractivity contribution in [3.8, 4) is 5.75 Å². The molecule has 3 amide bonds. The summed E-state index contributed by atoms with van der Waals surface area (Å²) in [6.07, 6.45) is 0. The monoisotopic (exact) mass is 368 g/mol. The second kappa shape index (κ2) is 6.28. The zero-order valence-corrected chi connectivity index (χ0v) is 16.8. The number of urea groups is 1. The second-order valence-electron chi connectivity index (χ2n) is 7.46. The summed E-state index contributed by atoms with van der Waals surface area (Å²) in [7, 11) is 0.935. The summed E-state index contributed by atoms with van der Waals surface area (Å²) in [5, 5.41) is 0. The lowest BCUT2D eigenvalue weighted by molar-refractivity contribution is -0.130. The van der Waals surface area contributed by atoms with Crippen LogP contribution in [-0.4, -0.2) is 43.8 Å². The Morgan fingerprint density at radius 3 is 2.12 bits per heavy atom. The fourth-order valence-corrected chi connectivity index (χ4v) is 5.79. The van der Waals surface area contributed by atoms with Gasteiger partial charge in [-0.3, -0.25) is 9.69 Å². The number of hydrogen-bond donors (Lipinski definition) is 0. The van der Waals surface area contributed by atoms with E-state index in [1.807, 2.05) is 59.2 Å². The smallest absolute Gasteiger partial charge is 0.319 e. The molecule has 2 aromatic carbocycles. The first-order chi connectivity index (χ1) is 12.2. The Balaban J connectivity index is 2.40. The van der Waals surface area contributed by atoms with Gasteiger partial charge >= 0.3 is 6.03 Å². The van der Waals surface area contributed by atoms with Crippen LogP contribution in [-0.2, 0) is 10.3 Å². The molecule has 0 aromatic heterocycles. The van der Waals surface area contributed by atoms with Gasteiger partial charge < -0.3 is 9.30 Å². The minimum absolute atomic E-state index is 0.232. The molecule has 6 heteroatoms. The highest BCUT2D eigenvalue weighted by molar-refractivity contribution is 6.76. The van der Waals surface area contributed by atoms with E-state index in [2.05, 4.69) is 19.6 Å². The summed E-state index contributed by atoms with van der Waals surface area (Å²) in [5.41, 5.74) is 0.359. The molecule has 1 heterocycles. The Labute approximate surface area is 155 Å². The van der Waals surface area contributed by atoms with Crippen molar-refractivity contribution in [1.82, 2.24) is 9.47 Å². The third-order valence-corrected chi connectivity index (χ3v) is 6.65. The van der Waals surface area contributed by atoms with Gasteiger partial charge in [-0.25, -0.2) is 4.79 Å². The molecule has 0 radical (unpaired) electrons. The zero-order valence-electron chi connectivity index (χ0n) is 15.8. The van der Waals surface area contributed by atoms with Crippen molar-refractivity contribution in [2.75, 3.05) is 14.2 Å². The fourth-order valence-electron chi connectivity index (χ4n) is 3.71. The van der Waals surface area contributed by atoms with Crippen molar-refractivity contribution in [2.45, 2.75) is 25.2 Å². The van der Waals surface area contributed by atoms with Crippen molar-refractivity contribution in [3.63, 3.8) is 0 Å². The van der Waals surface area contributed by atoms with Gasteiger partial charge in [0.05, 0.1) is 7.11 Å². The van der Waals surface area contributed by atoms with E-state index in [0.717, 1.165) is 11.1 Å². The molecule has 2 aromatic rings. The van der Waals surface area contributed by atoms with Crippen molar-refractivity contribution in [2.24, 2.45) is 0 Å². The maximum absolute atomic E-state index is 13.5. The molecule has 26 heavy (non-hydrogen) atoms. The van der Waals surface area contributed by atoms with Crippen LogP contribution in [0.4, 0.5) is 4.79 Å². The van der Waals surface area contributed by atoms with Crippen LogP contribution in [0.3, 0.4) is 0 Å². The first kappa shape index (κ1) is 18.2. The number of likely N-dealkylation sites (N-methyl/N-ethyl adjacent to an activating group) is 1. The van der Waals surface area contributed by atoms with Crippen molar-refractivity contribution in [3.05, 3.63) is 65.7 Å². The number of nitrogens with zero attached hydrogens (tertiary/aromatic N) is 2. The Morgan fingerprint density at radius 2 is 1.54 bits per heavy atom. The van der Waals surface area contributed by atoms with E-state index in [9.17, 15) is 9.59 Å². The molecular weight excluding hydrogens is 344 g/mol. The van der Waals surface area contributed by atoms with Crippen LogP contribution in [0.5, 0.6) is 5.75 Å². The quantitative estimate of drug-likeness (QED) is 0.611. The molecule has 1 atom stereocenters. The molecular formula is C20H24N2O3Si. The van der Waals surface area contributed by atoms with Crippen molar-refractivity contribution < 1.29 is 14.3 Å². The van der Waals surface area contributed by atoms with E-state index >= 15 is 0 Å². The third-order valence-electron chi connectivity index (χ3n) is 4.78. The number of carbonyl (C=O) groups excluding carboxylic acids is 2. The number of amides is 3. The van der Waals surface area contributed by atoms with Gasteiger partial charge in [-0.2, -0.15) is 0 Å². The van der Waals surface area contributed by atoms with E-state index in [1.165, 1.54) is 4.90 Å². The minimum atomic E-state index is -2.22. The van der Waals surface area contributed by atoms with Crippen LogP contribution in [0, 0.1) is 0 Å². The summed E-state index contributed by atoms with van der Waals surface area (Å²) < 4.78 is 7.20. The van der Waals surface area contributed by atoms with Crippen molar-refractivity contribution >= 4 is 20.2 Å². The standard InChI is InChI=1S/C20H24N2O3Si/c1-21-18(23)20(15-10-7-6-8-11-15,22(19(21)24)26(3,4)5)16-12-9-13-17(14-16)25-2/h6-14H,1-5H3. The highest BCUT2D eigenvalue weighted by atomic mass is 28.3. The van der Waals surface area contributed by atoms with Crippen LogP contribution < -0.4 is 4.74 Å². The molecule has 1 saturated heterocycles. The Bertz CT molecular complexity index is 848. The van der Waals surface area contributed by atoms with E-state index < -0.39 is 13.8 Å². The maximum Gasteiger partial charge on any atom is 0.319 e. The zero-order chi connectivity index (χ0) is 19.1. The molecule has 0 bridgehead atoms. The Morgan fingerprint density at radius 1 is 0.923 bits per heavy atom. The van der Waals surface area contributed by atoms with Crippen LogP contribution in [0.25, 0.3) is 0 Å². The Kier molecular flexibility index (Phi) is 4.40. The molecule has 0 saturated carbocycles. The van der Waals surface area contributed by atoms with Gasteiger partial charge in [0.15, 0.2) is 13.8 Å². The number of ether oxygens (including phenoxy) is 1. The van der Waals surface area contributed by atoms with Gasteiger partial charge in [-0.1, -0.05) is 62.1 Å². The lowest BCUT2D eigenvalue weighted by atomic mass is 9.82. The fraction of sp³-hybridized carbons (Fsp3) is 0.300. The number of rotatable bonds is 4. The summed E-state index contributed by atoms with van der Waals surface area (Å²) >= 11 is 0. The first-order valence-corrected chi connectivity index (χ1v) is 12.0. The van der Waals surface area contributed by atoms with Gasteiger partial charge in [0, 0.05) is 7.05 Å². The minimum Gasteiger partial charge on any atom is -0.497 e. The normalized spacial score (nSPS) is 20.7. The average Bonchev–Trinajstić information content (AvgIpc) is 2.84. The molecule has 1 fully saturated rings. The van der Waals surface area contributed by atoms with Gasteiger partial charge in [0.1, 0.15) is 5.75 Å². The lowest BCUT2D eigenvalue weighted by Gasteiger charge is -2.43. The molecule has 136 valence electrons. The summed E-state index contributed by atoms with van der Waals surface area (Å²) in [6.45, 7) is 6.24. The van der Waals surface area contributed by atoms with E-state index in [4.69, 9.17) is 4.74 Å². The summed E-state index contributed by atoms with van der Waals surface area (Å²) in [4.78, 5) is 27.9. The van der Waals surface area contributed by atoms with Crippen LogP contribution in [0.1, 0.15) is 11.1 Å². The summed E-state index contributed by atoms with van der Waals surface area (Å²) in [5.74, 6) is 0.424. The molecule has 5 nitrogen and oxygen atoms in total. The summed E-state index contributed by atoms with van der Waals surface area (Å²) in [6, 6.07) is 16.7. The van der Waals surface area contributed by atoms with E-state index in [-0.39, 0.29) is 11.9 Å². The molecule has 1 aliphatic heterocycles. The molecule has 1 aliphatic rings. The first-order valence-electron chi connectivity index (χ1n) is 8.57. The molecule has 0 spiro atoms. The largest absolute Gasteiger partial charge is 0.497 e. The van der Waals surface area contributed by atoms with Gasteiger partial charge in [-0.05, 0) is 23.3 Å². The van der Waals surface area contributed by atoms with E-state index in [1.54, 1.807) is 14.2 Å². The topological polar surface area (TPSA) is 49.9 Å². The highest BCUT2D eigenvalue weighted by Gasteiger charge is 2.61. The maximum atomic E-state index is 13.5. The average molecular weight is 369 g/mol. The number of hydrogen-bond acceptors (Lipinski definition) is 3. The predicted octanol–water partition coefficient (Wildman–Crippen LogP) is 3.67. The number of methoxy groups -OCH3 is 1. The number of benzene rings is 2. The highest BCUT2D eigenvalue weighted by Crippen LogP contribution is 2.46. The number of imide groups is 1. The second-order valence-corrected chi connectivity index (χ2v) is 12.3. The SMILES string of the molecule is COc1cccc(C2(c3ccccc3)C(=O)N(C)C(=O)N2[Si](C)(C)C)c1. The third kappa shape index (κ3) is 2.52. The molecule has 0 N–H and O–H groups in total. The van der Waals surface area contributed by atoms with Crippen LogP contribution in [0.2, 0.25) is 19.6 Å². The van der Waals surface area contributed by atoms with Crippen LogP contribution in [0.15, 0.2) is 54.6 Å². The van der Waals surface area contributed by atoms with Gasteiger partial charge in [0.2, 0.25) is 0 Å². The lowest BCUT2D eigenvalue weighted by Crippen LogP contribution is -2.58. The van der Waals surface area contributed by atoms with E-state index in [0.29, 0.717) is 5.75 Å². The predicted molar refractivity (Wildman–Crippen MR) is 104 cm³/mol. The number of carbonyl (C=O) groups is 2. The molecule has 3 rings (SSSR count). The van der Waals surface area contributed by atoms with Crippen LogP contribution >= 0.6 is 0 Å². The van der Waals surface area contributed by atoms with Crippen molar-refractivity contribution in [1.29, 1.82) is 0 Å². The molecule has 0 aliphatic carbocycles. The molecule has 1 unspecified atom stereocenters. The Hall–Kier alpha value is -2.60. The van der Waals surface area contributed by atoms with Gasteiger partial charge in [-0.15, -0.1) is 0 Å².